The van der Waals surface area contributed by atoms with Crippen molar-refractivity contribution in [2.45, 2.75) is 262 Å². The van der Waals surface area contributed by atoms with Crippen molar-refractivity contribution in [3.05, 3.63) is 36.5 Å². The van der Waals surface area contributed by atoms with Gasteiger partial charge < -0.3 is 40.3 Å². The number of rotatable bonds is 41. The van der Waals surface area contributed by atoms with Crippen LogP contribution in [0.2, 0.25) is 0 Å². The molecular formula is C50H93NO8. The van der Waals surface area contributed by atoms with Gasteiger partial charge in [0.1, 0.15) is 24.4 Å². The number of hydrogen-bond donors (Lipinski definition) is 6. The van der Waals surface area contributed by atoms with Crippen molar-refractivity contribution < 1.29 is 39.8 Å². The molecule has 0 aliphatic carbocycles. The van der Waals surface area contributed by atoms with Crippen LogP contribution in [-0.2, 0) is 14.3 Å². The lowest BCUT2D eigenvalue weighted by Gasteiger charge is -2.40. The van der Waals surface area contributed by atoms with Crippen molar-refractivity contribution in [3.63, 3.8) is 0 Å². The molecule has 9 heteroatoms. The third-order valence-corrected chi connectivity index (χ3v) is 11.7. The van der Waals surface area contributed by atoms with E-state index in [9.17, 15) is 30.3 Å². The summed E-state index contributed by atoms with van der Waals surface area (Å²) in [4.78, 5) is 13.0. The fourth-order valence-corrected chi connectivity index (χ4v) is 7.70. The number of hydrogen-bond acceptors (Lipinski definition) is 8. The highest BCUT2D eigenvalue weighted by molar-refractivity contribution is 5.76. The molecule has 1 fully saturated rings. The third-order valence-electron chi connectivity index (χ3n) is 11.7. The molecule has 7 unspecified atom stereocenters. The van der Waals surface area contributed by atoms with Gasteiger partial charge in [-0.2, -0.15) is 0 Å². The largest absolute Gasteiger partial charge is 0.394 e. The summed E-state index contributed by atoms with van der Waals surface area (Å²) in [5, 5.41) is 54.3. The molecule has 0 aromatic rings. The predicted octanol–water partition coefficient (Wildman–Crippen LogP) is 10.8. The van der Waals surface area contributed by atoms with Crippen molar-refractivity contribution in [2.24, 2.45) is 0 Å². The maximum Gasteiger partial charge on any atom is 0.220 e. The van der Waals surface area contributed by atoms with E-state index in [4.69, 9.17) is 9.47 Å². The van der Waals surface area contributed by atoms with Crippen LogP contribution in [0.15, 0.2) is 36.5 Å². The van der Waals surface area contributed by atoms with Gasteiger partial charge in [0.05, 0.1) is 25.4 Å². The van der Waals surface area contributed by atoms with E-state index in [-0.39, 0.29) is 12.5 Å². The van der Waals surface area contributed by atoms with Gasteiger partial charge in [0.2, 0.25) is 5.91 Å². The lowest BCUT2D eigenvalue weighted by atomic mass is 9.99. The van der Waals surface area contributed by atoms with Gasteiger partial charge in [-0.1, -0.05) is 204 Å². The summed E-state index contributed by atoms with van der Waals surface area (Å²) in [5.41, 5.74) is 0. The molecule has 1 aliphatic heterocycles. The van der Waals surface area contributed by atoms with Gasteiger partial charge in [0.25, 0.3) is 0 Å². The zero-order chi connectivity index (χ0) is 43.0. The van der Waals surface area contributed by atoms with Gasteiger partial charge in [-0.25, -0.2) is 0 Å². The molecule has 59 heavy (non-hydrogen) atoms. The van der Waals surface area contributed by atoms with E-state index < -0.39 is 49.5 Å². The smallest absolute Gasteiger partial charge is 0.220 e. The second-order valence-electron chi connectivity index (χ2n) is 17.3. The average molecular weight is 836 g/mol. The van der Waals surface area contributed by atoms with E-state index in [2.05, 4.69) is 43.5 Å². The first kappa shape index (κ1) is 55.4. The van der Waals surface area contributed by atoms with Crippen LogP contribution in [0.25, 0.3) is 0 Å². The molecule has 1 amide bonds. The van der Waals surface area contributed by atoms with Gasteiger partial charge in [-0.05, 0) is 44.9 Å². The third kappa shape index (κ3) is 31.0. The Hall–Kier alpha value is -1.59. The Balaban J connectivity index is 2.31. The zero-order valence-electron chi connectivity index (χ0n) is 38.0. The molecule has 346 valence electrons. The first-order chi connectivity index (χ1) is 28.8. The molecule has 0 bridgehead atoms. The molecule has 6 N–H and O–H groups in total. The molecule has 1 aliphatic rings. The van der Waals surface area contributed by atoms with Crippen LogP contribution in [-0.4, -0.2) is 87.5 Å². The lowest BCUT2D eigenvalue weighted by molar-refractivity contribution is -0.302. The van der Waals surface area contributed by atoms with E-state index in [1.165, 1.54) is 128 Å². The summed E-state index contributed by atoms with van der Waals surface area (Å²) >= 11 is 0. The Labute approximate surface area is 361 Å². The molecule has 1 rings (SSSR count). The second-order valence-corrected chi connectivity index (χ2v) is 17.3. The Bertz CT molecular complexity index is 1020. The number of carbonyl (C=O) groups is 1. The average Bonchev–Trinajstić information content (AvgIpc) is 3.23. The number of allylic oxidation sites excluding steroid dienone is 5. The van der Waals surface area contributed by atoms with Crippen LogP contribution >= 0.6 is 0 Å². The fourth-order valence-electron chi connectivity index (χ4n) is 7.70. The standard InChI is InChI=1S/C50H93NO8/c1-3-5-7-9-11-13-15-17-19-20-21-22-23-24-25-26-27-29-31-33-35-37-39-44(53)43(42-58-50-49(57)48(56)47(55)45(41-52)59-50)51-46(54)40-38-36-34-32-30-28-18-16-14-12-10-8-6-4-2/h10,12,16,18,37,39,43-45,47-50,52-53,55-57H,3-9,11,13-15,17,19-36,38,40-42H2,1-2H3,(H,51,54)/b12-10-,18-16-,39-37+. The van der Waals surface area contributed by atoms with Gasteiger partial charge >= 0.3 is 0 Å². The van der Waals surface area contributed by atoms with E-state index in [1.54, 1.807) is 6.08 Å². The van der Waals surface area contributed by atoms with Crippen molar-refractivity contribution in [2.75, 3.05) is 13.2 Å². The van der Waals surface area contributed by atoms with Crippen molar-refractivity contribution >= 4 is 5.91 Å². The van der Waals surface area contributed by atoms with Gasteiger partial charge in [-0.15, -0.1) is 0 Å². The molecule has 1 heterocycles. The van der Waals surface area contributed by atoms with E-state index >= 15 is 0 Å². The molecule has 0 aromatic heterocycles. The van der Waals surface area contributed by atoms with Gasteiger partial charge in [0, 0.05) is 6.42 Å². The Kier molecular flexibility index (Phi) is 38.0. The minimum atomic E-state index is -1.57. The molecular weight excluding hydrogens is 743 g/mol. The fraction of sp³-hybridized carbons (Fsp3) is 0.860. The Morgan fingerprint density at radius 1 is 0.576 bits per heavy atom. The predicted molar refractivity (Wildman–Crippen MR) is 244 cm³/mol. The van der Waals surface area contributed by atoms with Crippen LogP contribution in [0.1, 0.15) is 219 Å². The molecule has 0 spiro atoms. The summed E-state index contributed by atoms with van der Waals surface area (Å²) in [6, 6.07) is -0.811. The van der Waals surface area contributed by atoms with Crippen molar-refractivity contribution in [1.29, 1.82) is 0 Å². The van der Waals surface area contributed by atoms with E-state index in [0.29, 0.717) is 6.42 Å². The highest BCUT2D eigenvalue weighted by atomic mass is 16.7. The summed E-state index contributed by atoms with van der Waals surface area (Å²) in [6.07, 6.45) is 43.3. The maximum atomic E-state index is 13.0. The van der Waals surface area contributed by atoms with E-state index in [1.807, 2.05) is 6.08 Å². The van der Waals surface area contributed by atoms with Crippen LogP contribution in [0.5, 0.6) is 0 Å². The van der Waals surface area contributed by atoms with Crippen molar-refractivity contribution in [1.82, 2.24) is 5.32 Å². The SMILES string of the molecule is CCCC/C=C\C/C=C\CCCCCCCC(=O)NC(COC1OC(CO)C(O)C(O)C1O)C(O)/C=C/CCCCCCCCCCCCCCCCCCCCCC. The summed E-state index contributed by atoms with van der Waals surface area (Å²) < 4.78 is 11.2. The van der Waals surface area contributed by atoms with Crippen LogP contribution in [0.3, 0.4) is 0 Å². The summed E-state index contributed by atoms with van der Waals surface area (Å²) in [7, 11) is 0. The Morgan fingerprint density at radius 3 is 1.51 bits per heavy atom. The number of ether oxygens (including phenoxy) is 2. The van der Waals surface area contributed by atoms with Gasteiger partial charge in [0.15, 0.2) is 6.29 Å². The Morgan fingerprint density at radius 2 is 1.02 bits per heavy atom. The minimum Gasteiger partial charge on any atom is -0.394 e. The highest BCUT2D eigenvalue weighted by Gasteiger charge is 2.44. The number of carbonyl (C=O) groups excluding carboxylic acids is 1. The molecule has 7 atom stereocenters. The monoisotopic (exact) mass is 836 g/mol. The number of aliphatic hydroxyl groups is 5. The highest BCUT2D eigenvalue weighted by Crippen LogP contribution is 2.23. The summed E-state index contributed by atoms with van der Waals surface area (Å²) in [5.74, 6) is -0.191. The lowest BCUT2D eigenvalue weighted by Crippen LogP contribution is -2.60. The summed E-state index contributed by atoms with van der Waals surface area (Å²) in [6.45, 7) is 3.73. The maximum absolute atomic E-state index is 13.0. The zero-order valence-corrected chi connectivity index (χ0v) is 38.0. The molecule has 0 radical (unpaired) electrons. The molecule has 0 saturated carbocycles. The number of nitrogens with one attached hydrogen (secondary N) is 1. The van der Waals surface area contributed by atoms with Crippen LogP contribution < -0.4 is 5.32 Å². The quantitative estimate of drug-likeness (QED) is 0.0263. The first-order valence-corrected chi connectivity index (χ1v) is 24.7. The second kappa shape index (κ2) is 40.5. The molecule has 0 aromatic carbocycles. The number of aliphatic hydroxyl groups excluding tert-OH is 5. The first-order valence-electron chi connectivity index (χ1n) is 24.7. The normalized spacial score (nSPS) is 21.0. The number of amides is 1. The number of unbranched alkanes of at least 4 members (excludes halogenated alkanes) is 27. The topological polar surface area (TPSA) is 149 Å². The molecule has 1 saturated heterocycles. The van der Waals surface area contributed by atoms with Gasteiger partial charge in [-0.3, -0.25) is 4.79 Å². The van der Waals surface area contributed by atoms with Crippen LogP contribution in [0.4, 0.5) is 0 Å². The van der Waals surface area contributed by atoms with Crippen LogP contribution in [0, 0.1) is 0 Å². The van der Waals surface area contributed by atoms with E-state index in [0.717, 1.165) is 70.6 Å². The molecule has 9 nitrogen and oxygen atoms in total. The minimum absolute atomic E-state index is 0.191. The van der Waals surface area contributed by atoms with Crippen molar-refractivity contribution in [3.8, 4) is 0 Å².